The number of esters is 2. The lowest BCUT2D eigenvalue weighted by Gasteiger charge is -2.19. The minimum Gasteiger partial charge on any atom is -0.462 e. The van der Waals surface area contributed by atoms with Crippen LogP contribution in [0.3, 0.4) is 0 Å². The number of carbonyl (C=O) groups is 2. The van der Waals surface area contributed by atoms with E-state index in [0.717, 1.165) is 38.5 Å². The third-order valence-electron chi connectivity index (χ3n) is 8.40. The summed E-state index contributed by atoms with van der Waals surface area (Å²) in [6, 6.07) is 0. The van der Waals surface area contributed by atoms with Crippen molar-refractivity contribution in [2.75, 3.05) is 26.4 Å². The minimum atomic E-state index is -4.40. The molecule has 3 N–H and O–H groups in total. The quantitative estimate of drug-likeness (QED) is 0.0272. The van der Waals surface area contributed by atoms with Gasteiger partial charge in [0.1, 0.15) is 6.61 Å². The maximum absolute atomic E-state index is 12.5. The zero-order valence-electron chi connectivity index (χ0n) is 33.5. The highest BCUT2D eigenvalue weighted by atomic mass is 31.2. The Kier molecular flexibility index (Phi) is 37.7. The van der Waals surface area contributed by atoms with E-state index in [1.807, 2.05) is 18.2 Å². The van der Waals surface area contributed by atoms with Crippen LogP contribution in [0.15, 0.2) is 60.8 Å². The molecule has 9 nitrogen and oxygen atoms in total. The van der Waals surface area contributed by atoms with E-state index >= 15 is 0 Å². The first-order chi connectivity index (χ1) is 25.8. The fourth-order valence-corrected chi connectivity index (χ4v) is 6.07. The molecule has 0 aliphatic rings. The molecule has 0 saturated heterocycles. The molecule has 10 heteroatoms. The number of phosphoric acid groups is 1. The first-order valence-corrected chi connectivity index (χ1v) is 22.3. The van der Waals surface area contributed by atoms with Crippen molar-refractivity contribution in [3.63, 3.8) is 0 Å². The number of hydrogen-bond acceptors (Lipinski definition) is 8. The van der Waals surface area contributed by atoms with E-state index in [9.17, 15) is 19.0 Å². The van der Waals surface area contributed by atoms with Gasteiger partial charge in [-0.25, -0.2) is 4.57 Å². The van der Waals surface area contributed by atoms with E-state index in [0.29, 0.717) is 12.8 Å². The Morgan fingerprint density at radius 1 is 0.566 bits per heavy atom. The molecule has 0 aromatic heterocycles. The van der Waals surface area contributed by atoms with Crippen molar-refractivity contribution >= 4 is 19.8 Å². The number of rotatable bonds is 38. The molecule has 0 aliphatic heterocycles. The van der Waals surface area contributed by atoms with Gasteiger partial charge in [-0.2, -0.15) is 0 Å². The first kappa shape index (κ1) is 50.7. The molecule has 2 unspecified atom stereocenters. The Bertz CT molecular complexity index is 1050. The molecule has 2 atom stereocenters. The highest BCUT2D eigenvalue weighted by Crippen LogP contribution is 2.43. The Hall–Kier alpha value is -2.29. The van der Waals surface area contributed by atoms with Crippen molar-refractivity contribution in [1.82, 2.24) is 0 Å². The summed E-state index contributed by atoms with van der Waals surface area (Å²) in [7, 11) is -4.40. The van der Waals surface area contributed by atoms with Gasteiger partial charge in [0, 0.05) is 19.4 Å². The molecule has 0 spiro atoms. The number of phosphoric ester groups is 1. The van der Waals surface area contributed by atoms with Crippen LogP contribution in [-0.4, -0.2) is 49.3 Å². The lowest BCUT2D eigenvalue weighted by molar-refractivity contribution is -0.161. The second-order valence-corrected chi connectivity index (χ2v) is 14.9. The molecular formula is C43H76NO8P. The van der Waals surface area contributed by atoms with Gasteiger partial charge >= 0.3 is 19.8 Å². The molecule has 0 aliphatic carbocycles. The van der Waals surface area contributed by atoms with E-state index in [4.69, 9.17) is 24.3 Å². The number of unbranched alkanes of at least 4 members (excludes halogenated alkanes) is 15. The highest BCUT2D eigenvalue weighted by Gasteiger charge is 2.25. The second-order valence-electron chi connectivity index (χ2n) is 13.5. The van der Waals surface area contributed by atoms with Crippen molar-refractivity contribution in [1.29, 1.82) is 0 Å². The molecule has 0 radical (unpaired) electrons. The fourth-order valence-electron chi connectivity index (χ4n) is 5.30. The molecule has 0 amide bonds. The number of carbonyl (C=O) groups excluding carboxylic acids is 2. The number of hydrogen-bond donors (Lipinski definition) is 2. The Balaban J connectivity index is 4.35. The van der Waals surface area contributed by atoms with Crippen molar-refractivity contribution in [2.45, 2.75) is 174 Å². The van der Waals surface area contributed by atoms with E-state index in [1.165, 1.54) is 89.9 Å². The summed E-state index contributed by atoms with van der Waals surface area (Å²) in [4.78, 5) is 34.7. The third-order valence-corrected chi connectivity index (χ3v) is 9.39. The molecule has 0 rings (SSSR count). The molecular weight excluding hydrogens is 689 g/mol. The lowest BCUT2D eigenvalue weighted by Crippen LogP contribution is -2.29. The van der Waals surface area contributed by atoms with Gasteiger partial charge < -0.3 is 20.1 Å². The smallest absolute Gasteiger partial charge is 0.462 e. The lowest BCUT2D eigenvalue weighted by atomic mass is 10.1. The predicted octanol–water partition coefficient (Wildman–Crippen LogP) is 11.7. The van der Waals surface area contributed by atoms with E-state index in [2.05, 4.69) is 56.4 Å². The zero-order valence-corrected chi connectivity index (χ0v) is 34.4. The monoisotopic (exact) mass is 766 g/mol. The number of allylic oxidation sites excluding steroid dienone is 10. The van der Waals surface area contributed by atoms with Crippen molar-refractivity contribution < 1.29 is 37.6 Å². The standard InChI is InChI=1S/C43H76NO8P/c1-3-5-7-9-11-13-15-17-19-20-22-24-26-28-30-32-34-36-43(46)52-41(40-51-53(47,48)50-38-37-44)39-49-42(45)35-33-31-29-27-25-23-21-18-16-14-12-10-8-6-4-2/h13,15,19-20,24,26,29-32,41H,3-12,14,16-18,21-23,25,27-28,33-40,44H2,1-2H3,(H,47,48). The molecule has 0 aromatic rings. The van der Waals surface area contributed by atoms with Gasteiger partial charge in [0.25, 0.3) is 0 Å². The highest BCUT2D eigenvalue weighted by molar-refractivity contribution is 7.47. The average Bonchev–Trinajstić information content (AvgIpc) is 3.14. The van der Waals surface area contributed by atoms with Crippen LogP contribution >= 0.6 is 7.82 Å². The topological polar surface area (TPSA) is 134 Å². The van der Waals surface area contributed by atoms with Crippen molar-refractivity contribution in [3.8, 4) is 0 Å². The summed E-state index contributed by atoms with van der Waals surface area (Å²) < 4.78 is 32.6. The maximum atomic E-state index is 12.5. The molecule has 306 valence electrons. The Morgan fingerprint density at radius 2 is 0.981 bits per heavy atom. The molecule has 0 saturated carbocycles. The predicted molar refractivity (Wildman–Crippen MR) is 219 cm³/mol. The summed E-state index contributed by atoms with van der Waals surface area (Å²) in [6.07, 6.45) is 45.6. The minimum absolute atomic E-state index is 0.0369. The second kappa shape index (κ2) is 39.4. The molecule has 53 heavy (non-hydrogen) atoms. The summed E-state index contributed by atoms with van der Waals surface area (Å²) in [6.45, 7) is 3.58. The van der Waals surface area contributed by atoms with E-state index in [-0.39, 0.29) is 32.6 Å². The van der Waals surface area contributed by atoms with Crippen LogP contribution in [0.25, 0.3) is 0 Å². The van der Waals surface area contributed by atoms with Gasteiger partial charge in [-0.15, -0.1) is 0 Å². The van der Waals surface area contributed by atoms with Gasteiger partial charge in [-0.3, -0.25) is 18.6 Å². The zero-order chi connectivity index (χ0) is 38.9. The normalized spacial score (nSPS) is 14.0. The van der Waals surface area contributed by atoms with Crippen molar-refractivity contribution in [2.24, 2.45) is 5.73 Å². The van der Waals surface area contributed by atoms with E-state index < -0.39 is 32.5 Å². The molecule has 0 fully saturated rings. The number of ether oxygens (including phenoxy) is 2. The van der Waals surface area contributed by atoms with Gasteiger partial charge in [-0.05, 0) is 57.8 Å². The van der Waals surface area contributed by atoms with Crippen LogP contribution in [0.1, 0.15) is 168 Å². The molecule has 0 heterocycles. The summed E-state index contributed by atoms with van der Waals surface area (Å²) in [5, 5.41) is 0. The largest absolute Gasteiger partial charge is 0.472 e. The fraction of sp³-hybridized carbons (Fsp3) is 0.721. The van der Waals surface area contributed by atoms with Crippen LogP contribution in [0.4, 0.5) is 0 Å². The van der Waals surface area contributed by atoms with Gasteiger partial charge in [-0.1, -0.05) is 158 Å². The Labute approximate surface area is 323 Å². The molecule has 0 aromatic carbocycles. The van der Waals surface area contributed by atoms with Gasteiger partial charge in [0.15, 0.2) is 6.10 Å². The van der Waals surface area contributed by atoms with Crippen LogP contribution in [0.5, 0.6) is 0 Å². The van der Waals surface area contributed by atoms with Crippen LogP contribution in [0.2, 0.25) is 0 Å². The van der Waals surface area contributed by atoms with Gasteiger partial charge in [0.05, 0.1) is 13.2 Å². The summed E-state index contributed by atoms with van der Waals surface area (Å²) in [5.41, 5.74) is 5.33. The molecule has 0 bridgehead atoms. The van der Waals surface area contributed by atoms with Crippen LogP contribution in [0, 0.1) is 0 Å². The average molecular weight is 766 g/mol. The van der Waals surface area contributed by atoms with Crippen LogP contribution < -0.4 is 5.73 Å². The van der Waals surface area contributed by atoms with Crippen molar-refractivity contribution in [3.05, 3.63) is 60.8 Å². The third kappa shape index (κ3) is 39.2. The SMILES string of the molecule is CCCCCCC=CCC=CCC=CCC=CCCC(=O)OC(COC(=O)CCC=CCCCCCCCCCCCCC)COP(=O)(O)OCCN. The summed E-state index contributed by atoms with van der Waals surface area (Å²) >= 11 is 0. The summed E-state index contributed by atoms with van der Waals surface area (Å²) in [5.74, 6) is -0.982. The maximum Gasteiger partial charge on any atom is 0.472 e. The first-order valence-electron chi connectivity index (χ1n) is 20.8. The van der Waals surface area contributed by atoms with Gasteiger partial charge in [0.2, 0.25) is 0 Å². The Morgan fingerprint density at radius 3 is 1.51 bits per heavy atom. The van der Waals surface area contributed by atoms with Crippen LogP contribution in [-0.2, 0) is 32.7 Å². The van der Waals surface area contributed by atoms with E-state index in [1.54, 1.807) is 0 Å². The number of nitrogens with two attached hydrogens (primary N) is 1.